The minimum absolute atomic E-state index is 0.128. The Morgan fingerprint density at radius 3 is 2.60 bits per heavy atom. The van der Waals surface area contributed by atoms with Gasteiger partial charge in [-0.25, -0.2) is 4.98 Å². The molecule has 1 aliphatic heterocycles. The Kier molecular flexibility index (Phi) is 4.42. The molecular formula is C24H24N4O2. The number of rotatable bonds is 4. The van der Waals surface area contributed by atoms with Crippen LogP contribution in [0, 0.1) is 5.92 Å². The highest BCUT2D eigenvalue weighted by Crippen LogP contribution is 2.32. The van der Waals surface area contributed by atoms with Crippen LogP contribution in [-0.2, 0) is 11.2 Å². The van der Waals surface area contributed by atoms with Crippen LogP contribution < -0.4 is 10.9 Å². The summed E-state index contributed by atoms with van der Waals surface area (Å²) in [5.41, 5.74) is 2.55. The minimum Gasteiger partial charge on any atom is -0.361 e. The van der Waals surface area contributed by atoms with Crippen molar-refractivity contribution >= 4 is 27.7 Å². The number of amides is 1. The maximum atomic E-state index is 13.5. The van der Waals surface area contributed by atoms with Crippen LogP contribution in [0.1, 0.15) is 43.7 Å². The molecule has 4 aromatic rings. The topological polar surface area (TPSA) is 79.8 Å². The third kappa shape index (κ3) is 2.83. The lowest BCUT2D eigenvalue weighted by molar-refractivity contribution is -0.127. The van der Waals surface area contributed by atoms with Crippen molar-refractivity contribution in [3.63, 3.8) is 0 Å². The molecular weight excluding hydrogens is 376 g/mol. The number of H-pyrrole nitrogens is 1. The van der Waals surface area contributed by atoms with Crippen molar-refractivity contribution in [1.82, 2.24) is 19.9 Å². The molecule has 6 heteroatoms. The molecule has 0 fully saturated rings. The van der Waals surface area contributed by atoms with Crippen LogP contribution in [0.25, 0.3) is 21.8 Å². The number of carbonyl (C=O) groups is 1. The first kappa shape index (κ1) is 18.6. The van der Waals surface area contributed by atoms with Crippen molar-refractivity contribution in [2.24, 2.45) is 5.92 Å². The smallest absolute Gasteiger partial charge is 0.262 e. The summed E-state index contributed by atoms with van der Waals surface area (Å²) in [7, 11) is 0. The summed E-state index contributed by atoms with van der Waals surface area (Å²) >= 11 is 0. The molecule has 1 amide bonds. The Labute approximate surface area is 173 Å². The third-order valence-electron chi connectivity index (χ3n) is 6.33. The lowest BCUT2D eigenvalue weighted by Gasteiger charge is -2.35. The van der Waals surface area contributed by atoms with E-state index in [-0.39, 0.29) is 23.4 Å². The highest BCUT2D eigenvalue weighted by Gasteiger charge is 2.37. The number of benzene rings is 2. The van der Waals surface area contributed by atoms with E-state index in [1.165, 1.54) is 0 Å². The molecule has 1 aliphatic rings. The molecule has 0 saturated heterocycles. The number of nitrogens with one attached hydrogen (secondary N) is 2. The van der Waals surface area contributed by atoms with Crippen molar-refractivity contribution in [3.05, 3.63) is 76.5 Å². The molecule has 0 spiro atoms. The van der Waals surface area contributed by atoms with E-state index in [2.05, 4.69) is 24.1 Å². The highest BCUT2D eigenvalue weighted by molar-refractivity contribution is 5.87. The summed E-state index contributed by atoms with van der Waals surface area (Å²) in [6, 6.07) is 14.4. The van der Waals surface area contributed by atoms with Crippen LogP contribution in [-0.4, -0.2) is 20.4 Å². The standard InChI is InChI=1S/C24H24N4O2/c1-3-14(2)21-22-26-19-11-7-5-9-17(19)24(30)28(22)20(23(29)27-21)12-15-13-25-18-10-6-4-8-16(15)18/h4-11,13-14,20-21,25H,3,12H2,1-2H3,(H,27,29)/t14-,20+,21-/m1/s1. The average molecular weight is 400 g/mol. The maximum Gasteiger partial charge on any atom is 0.262 e. The lowest BCUT2D eigenvalue weighted by Crippen LogP contribution is -2.50. The summed E-state index contributed by atoms with van der Waals surface area (Å²) in [5.74, 6) is 0.692. The van der Waals surface area contributed by atoms with Gasteiger partial charge >= 0.3 is 0 Å². The fourth-order valence-electron chi connectivity index (χ4n) is 4.44. The van der Waals surface area contributed by atoms with Crippen LogP contribution in [0.3, 0.4) is 0 Å². The zero-order valence-corrected chi connectivity index (χ0v) is 17.1. The zero-order valence-electron chi connectivity index (χ0n) is 17.1. The Morgan fingerprint density at radius 2 is 1.80 bits per heavy atom. The van der Waals surface area contributed by atoms with Gasteiger partial charge in [0, 0.05) is 23.5 Å². The highest BCUT2D eigenvalue weighted by atomic mass is 16.2. The molecule has 0 unspecified atom stereocenters. The Hall–Kier alpha value is -3.41. The summed E-state index contributed by atoms with van der Waals surface area (Å²) in [6.45, 7) is 4.16. The third-order valence-corrected chi connectivity index (χ3v) is 6.33. The molecule has 2 aromatic heterocycles. The van der Waals surface area contributed by atoms with Crippen LogP contribution in [0.15, 0.2) is 59.5 Å². The van der Waals surface area contributed by atoms with E-state index >= 15 is 0 Å². The molecule has 0 saturated carbocycles. The van der Waals surface area contributed by atoms with E-state index in [1.807, 2.05) is 48.7 Å². The number of para-hydroxylation sites is 2. The van der Waals surface area contributed by atoms with Gasteiger partial charge in [0.2, 0.25) is 5.91 Å². The lowest BCUT2D eigenvalue weighted by atomic mass is 9.93. The van der Waals surface area contributed by atoms with Crippen molar-refractivity contribution in [2.45, 2.75) is 38.8 Å². The van der Waals surface area contributed by atoms with E-state index in [4.69, 9.17) is 4.98 Å². The van der Waals surface area contributed by atoms with Gasteiger partial charge in [-0.3, -0.25) is 14.2 Å². The van der Waals surface area contributed by atoms with Crippen molar-refractivity contribution in [3.8, 4) is 0 Å². The summed E-state index contributed by atoms with van der Waals surface area (Å²) in [6.07, 6.45) is 3.23. The average Bonchev–Trinajstić information content (AvgIpc) is 3.18. The number of carbonyl (C=O) groups excluding carboxylic acids is 1. The van der Waals surface area contributed by atoms with Gasteiger partial charge in [-0.05, 0) is 29.7 Å². The normalized spacial score (nSPS) is 19.6. The van der Waals surface area contributed by atoms with E-state index in [0.717, 1.165) is 22.9 Å². The largest absolute Gasteiger partial charge is 0.361 e. The monoisotopic (exact) mass is 400 g/mol. The molecule has 3 heterocycles. The molecule has 152 valence electrons. The van der Waals surface area contributed by atoms with Gasteiger partial charge in [-0.1, -0.05) is 50.6 Å². The zero-order chi connectivity index (χ0) is 20.8. The van der Waals surface area contributed by atoms with Crippen LogP contribution in [0.5, 0.6) is 0 Å². The SMILES string of the molecule is CC[C@@H](C)[C@H]1NC(=O)[C@H](Cc2c[nH]c3ccccc23)n2c1nc1ccccc1c2=O. The fraction of sp³-hybridized carbons (Fsp3) is 0.292. The van der Waals surface area contributed by atoms with Crippen LogP contribution in [0.2, 0.25) is 0 Å². The van der Waals surface area contributed by atoms with Crippen LogP contribution >= 0.6 is 0 Å². The second-order valence-electron chi connectivity index (χ2n) is 8.11. The molecule has 30 heavy (non-hydrogen) atoms. The number of hydrogen-bond acceptors (Lipinski definition) is 3. The first-order valence-electron chi connectivity index (χ1n) is 10.4. The number of fused-ring (bicyclic) bond motifs is 3. The van der Waals surface area contributed by atoms with E-state index in [9.17, 15) is 9.59 Å². The van der Waals surface area contributed by atoms with Crippen molar-refractivity contribution in [2.75, 3.05) is 0 Å². The molecule has 0 bridgehead atoms. The van der Waals surface area contributed by atoms with Gasteiger partial charge in [-0.2, -0.15) is 0 Å². The fourth-order valence-corrected chi connectivity index (χ4v) is 4.44. The first-order valence-corrected chi connectivity index (χ1v) is 10.4. The molecule has 5 rings (SSSR count). The van der Waals surface area contributed by atoms with Gasteiger partial charge in [0.05, 0.1) is 16.9 Å². The van der Waals surface area contributed by atoms with Gasteiger partial charge in [0.25, 0.3) is 5.56 Å². The van der Waals surface area contributed by atoms with Gasteiger partial charge in [0.15, 0.2) is 0 Å². The molecule has 3 atom stereocenters. The van der Waals surface area contributed by atoms with Crippen LogP contribution in [0.4, 0.5) is 0 Å². The van der Waals surface area contributed by atoms with E-state index in [0.29, 0.717) is 23.1 Å². The van der Waals surface area contributed by atoms with Gasteiger partial charge < -0.3 is 10.3 Å². The molecule has 2 aromatic carbocycles. The number of aromatic nitrogens is 3. The van der Waals surface area contributed by atoms with Crippen molar-refractivity contribution < 1.29 is 4.79 Å². The Morgan fingerprint density at radius 1 is 1.07 bits per heavy atom. The maximum absolute atomic E-state index is 13.5. The number of aromatic amines is 1. The number of hydrogen-bond donors (Lipinski definition) is 2. The van der Waals surface area contributed by atoms with E-state index < -0.39 is 6.04 Å². The van der Waals surface area contributed by atoms with Gasteiger partial charge in [0.1, 0.15) is 11.9 Å². The predicted octanol–water partition coefficient (Wildman–Crippen LogP) is 3.88. The second-order valence-corrected chi connectivity index (χ2v) is 8.11. The van der Waals surface area contributed by atoms with Gasteiger partial charge in [-0.15, -0.1) is 0 Å². The Balaban J connectivity index is 1.70. The summed E-state index contributed by atoms with van der Waals surface area (Å²) in [5, 5.41) is 4.77. The van der Waals surface area contributed by atoms with E-state index in [1.54, 1.807) is 10.6 Å². The molecule has 2 N–H and O–H groups in total. The summed E-state index contributed by atoms with van der Waals surface area (Å²) < 4.78 is 1.64. The summed E-state index contributed by atoms with van der Waals surface area (Å²) in [4.78, 5) is 34.8. The minimum atomic E-state index is -0.635. The van der Waals surface area contributed by atoms with Crippen molar-refractivity contribution in [1.29, 1.82) is 0 Å². The first-order chi connectivity index (χ1) is 14.6. The predicted molar refractivity (Wildman–Crippen MR) is 117 cm³/mol. The quantitative estimate of drug-likeness (QED) is 0.546. The molecule has 0 aliphatic carbocycles. The second kappa shape index (κ2) is 7.13. The number of nitrogens with zero attached hydrogens (tertiary/aromatic N) is 2. The Bertz CT molecular complexity index is 1320. The molecule has 6 nitrogen and oxygen atoms in total. The molecule has 0 radical (unpaired) electrons.